The lowest BCUT2D eigenvalue weighted by Gasteiger charge is -2.23. The smallest absolute Gasteiger partial charge is 0.254 e. The Morgan fingerprint density at radius 1 is 1.12 bits per heavy atom. The van der Waals surface area contributed by atoms with Gasteiger partial charge in [-0.25, -0.2) is 0 Å². The van der Waals surface area contributed by atoms with E-state index in [9.17, 15) is 4.79 Å². The molecule has 3 heterocycles. The third-order valence-electron chi connectivity index (χ3n) is 7.01. The summed E-state index contributed by atoms with van der Waals surface area (Å²) in [5, 5.41) is 1.25. The van der Waals surface area contributed by atoms with Crippen LogP contribution in [0.25, 0.3) is 10.9 Å². The number of nitrogens with zero attached hydrogens (tertiary/aromatic N) is 2. The van der Waals surface area contributed by atoms with Crippen molar-refractivity contribution in [2.45, 2.75) is 38.3 Å². The summed E-state index contributed by atoms with van der Waals surface area (Å²) in [6, 6.07) is 14.7. The van der Waals surface area contributed by atoms with Gasteiger partial charge in [0.05, 0.1) is 13.2 Å². The summed E-state index contributed by atoms with van der Waals surface area (Å²) >= 11 is 0. The molecule has 0 radical (unpaired) electrons. The van der Waals surface area contributed by atoms with Crippen molar-refractivity contribution in [1.29, 1.82) is 0 Å². The van der Waals surface area contributed by atoms with Crippen LogP contribution in [-0.4, -0.2) is 66.7 Å². The van der Waals surface area contributed by atoms with Crippen LogP contribution in [0.15, 0.2) is 48.7 Å². The zero-order chi connectivity index (χ0) is 22.6. The standard InChI is InChI=1S/C27H33N3O3/c1-32-15-13-29-11-4-7-22(29)16-21-18-28-26-10-9-23(17-25(21)26)33-14-5-12-30-19-20-6-2-3-8-24(20)27(30)31/h2-3,6,8-10,17-18,22,28H,4-5,7,11-16,19H2,1H3/t22-/m1/s1. The zero-order valence-corrected chi connectivity index (χ0v) is 19.4. The van der Waals surface area contributed by atoms with Crippen LogP contribution in [0.3, 0.4) is 0 Å². The number of benzene rings is 2. The highest BCUT2D eigenvalue weighted by Gasteiger charge is 2.26. The zero-order valence-electron chi connectivity index (χ0n) is 19.4. The van der Waals surface area contributed by atoms with E-state index in [4.69, 9.17) is 9.47 Å². The molecule has 0 spiro atoms. The monoisotopic (exact) mass is 447 g/mol. The lowest BCUT2D eigenvalue weighted by atomic mass is 10.0. The molecule has 0 aliphatic carbocycles. The van der Waals surface area contributed by atoms with Gasteiger partial charge in [0.25, 0.3) is 5.91 Å². The van der Waals surface area contributed by atoms with Crippen LogP contribution < -0.4 is 4.74 Å². The number of amides is 1. The average Bonchev–Trinajstić information content (AvgIpc) is 3.54. The first kappa shape index (κ1) is 22.0. The second kappa shape index (κ2) is 9.98. The molecule has 0 unspecified atom stereocenters. The minimum atomic E-state index is 0.135. The predicted octanol–water partition coefficient (Wildman–Crippen LogP) is 4.25. The maximum Gasteiger partial charge on any atom is 0.254 e. The number of carbonyl (C=O) groups is 1. The molecular weight excluding hydrogens is 414 g/mol. The summed E-state index contributed by atoms with van der Waals surface area (Å²) in [7, 11) is 1.77. The van der Waals surface area contributed by atoms with E-state index < -0.39 is 0 Å². The van der Waals surface area contributed by atoms with Gasteiger partial charge in [-0.2, -0.15) is 0 Å². The lowest BCUT2D eigenvalue weighted by molar-refractivity contribution is 0.0770. The molecule has 174 valence electrons. The van der Waals surface area contributed by atoms with E-state index in [-0.39, 0.29) is 5.91 Å². The largest absolute Gasteiger partial charge is 0.494 e. The minimum Gasteiger partial charge on any atom is -0.494 e. The number of nitrogens with one attached hydrogen (secondary N) is 1. The Morgan fingerprint density at radius 2 is 2.03 bits per heavy atom. The van der Waals surface area contributed by atoms with Crippen molar-refractivity contribution >= 4 is 16.8 Å². The summed E-state index contributed by atoms with van der Waals surface area (Å²) in [5.74, 6) is 1.03. The van der Waals surface area contributed by atoms with Crippen LogP contribution in [0.2, 0.25) is 0 Å². The second-order valence-electron chi connectivity index (χ2n) is 9.14. The Labute approximate surface area is 195 Å². The number of aromatic nitrogens is 1. The third kappa shape index (κ3) is 4.77. The molecule has 1 N–H and O–H groups in total. The number of likely N-dealkylation sites (tertiary alicyclic amines) is 1. The number of aromatic amines is 1. The molecule has 3 aromatic rings. The molecule has 0 saturated carbocycles. The first-order valence-electron chi connectivity index (χ1n) is 12.1. The number of rotatable bonds is 10. The molecule has 2 aliphatic rings. The van der Waals surface area contributed by atoms with Crippen LogP contribution in [0.1, 0.15) is 40.7 Å². The number of H-pyrrole nitrogens is 1. The van der Waals surface area contributed by atoms with Gasteiger partial charge in [-0.05, 0) is 67.6 Å². The fourth-order valence-corrected chi connectivity index (χ4v) is 5.24. The van der Waals surface area contributed by atoms with Crippen molar-refractivity contribution in [3.63, 3.8) is 0 Å². The van der Waals surface area contributed by atoms with E-state index in [0.717, 1.165) is 54.9 Å². The van der Waals surface area contributed by atoms with Gasteiger partial charge in [0.15, 0.2) is 0 Å². The molecule has 6 heteroatoms. The van der Waals surface area contributed by atoms with Crippen LogP contribution in [0, 0.1) is 0 Å². The highest BCUT2D eigenvalue weighted by molar-refractivity contribution is 5.98. The Bertz CT molecular complexity index is 1110. The molecule has 0 bridgehead atoms. The van der Waals surface area contributed by atoms with Crippen LogP contribution in [-0.2, 0) is 17.7 Å². The Morgan fingerprint density at radius 3 is 2.91 bits per heavy atom. The number of fused-ring (bicyclic) bond motifs is 2. The molecule has 1 amide bonds. The number of ether oxygens (including phenoxy) is 2. The van der Waals surface area contributed by atoms with E-state index >= 15 is 0 Å². The van der Waals surface area contributed by atoms with Gasteiger partial charge in [0.2, 0.25) is 0 Å². The molecule has 5 rings (SSSR count). The normalized spacial score (nSPS) is 18.4. The highest BCUT2D eigenvalue weighted by atomic mass is 16.5. The molecular formula is C27H33N3O3. The van der Waals surface area contributed by atoms with Gasteiger partial charge in [-0.1, -0.05) is 18.2 Å². The average molecular weight is 448 g/mol. The van der Waals surface area contributed by atoms with Gasteiger partial charge in [-0.3, -0.25) is 9.69 Å². The van der Waals surface area contributed by atoms with Gasteiger partial charge in [-0.15, -0.1) is 0 Å². The fourth-order valence-electron chi connectivity index (χ4n) is 5.24. The molecule has 1 saturated heterocycles. The Hall–Kier alpha value is -2.83. The quantitative estimate of drug-likeness (QED) is 0.472. The van der Waals surface area contributed by atoms with E-state index in [0.29, 0.717) is 25.7 Å². The first-order valence-corrected chi connectivity index (χ1v) is 12.1. The lowest BCUT2D eigenvalue weighted by Crippen LogP contribution is -2.33. The van der Waals surface area contributed by atoms with Crippen LogP contribution in [0.4, 0.5) is 0 Å². The SMILES string of the molecule is COCCN1CCC[C@@H]1Cc1c[nH]c2ccc(OCCCN3Cc4ccccc4C3=O)cc12. The van der Waals surface area contributed by atoms with Crippen LogP contribution >= 0.6 is 0 Å². The molecule has 1 fully saturated rings. The molecule has 2 aliphatic heterocycles. The summed E-state index contributed by atoms with van der Waals surface area (Å²) in [6.07, 6.45) is 6.51. The van der Waals surface area contributed by atoms with Crippen molar-refractivity contribution < 1.29 is 14.3 Å². The highest BCUT2D eigenvalue weighted by Crippen LogP contribution is 2.28. The van der Waals surface area contributed by atoms with Crippen molar-refractivity contribution in [2.24, 2.45) is 0 Å². The summed E-state index contributed by atoms with van der Waals surface area (Å²) in [4.78, 5) is 20.4. The minimum absolute atomic E-state index is 0.135. The van der Waals surface area contributed by atoms with E-state index in [2.05, 4.69) is 28.2 Å². The summed E-state index contributed by atoms with van der Waals surface area (Å²) in [6.45, 7) is 4.97. The fraction of sp³-hybridized carbons (Fsp3) is 0.444. The number of carbonyl (C=O) groups excluding carboxylic acids is 1. The van der Waals surface area contributed by atoms with Gasteiger partial charge < -0.3 is 19.4 Å². The van der Waals surface area contributed by atoms with E-state index in [1.54, 1.807) is 7.11 Å². The van der Waals surface area contributed by atoms with Crippen molar-refractivity contribution in [3.8, 4) is 5.75 Å². The maximum absolute atomic E-state index is 12.5. The molecule has 1 atom stereocenters. The van der Waals surface area contributed by atoms with Crippen molar-refractivity contribution in [1.82, 2.24) is 14.8 Å². The van der Waals surface area contributed by atoms with Gasteiger partial charge in [0, 0.05) is 55.4 Å². The van der Waals surface area contributed by atoms with Gasteiger partial charge in [0.1, 0.15) is 5.75 Å². The van der Waals surface area contributed by atoms with Crippen LogP contribution in [0.5, 0.6) is 5.75 Å². The maximum atomic E-state index is 12.5. The van der Waals surface area contributed by atoms with E-state index in [1.807, 2.05) is 35.2 Å². The van der Waals surface area contributed by atoms with E-state index in [1.165, 1.54) is 23.8 Å². The molecule has 2 aromatic carbocycles. The molecule has 1 aromatic heterocycles. The third-order valence-corrected chi connectivity index (χ3v) is 7.01. The van der Waals surface area contributed by atoms with Gasteiger partial charge >= 0.3 is 0 Å². The number of hydrogen-bond acceptors (Lipinski definition) is 4. The second-order valence-corrected chi connectivity index (χ2v) is 9.14. The van der Waals surface area contributed by atoms with Crippen molar-refractivity contribution in [2.75, 3.05) is 40.0 Å². The topological polar surface area (TPSA) is 57.8 Å². The first-order chi connectivity index (χ1) is 16.2. The Balaban J connectivity index is 1.16. The summed E-state index contributed by atoms with van der Waals surface area (Å²) in [5.41, 5.74) is 4.47. The molecule has 6 nitrogen and oxygen atoms in total. The summed E-state index contributed by atoms with van der Waals surface area (Å²) < 4.78 is 11.4. The predicted molar refractivity (Wildman–Crippen MR) is 130 cm³/mol. The number of methoxy groups -OCH3 is 1. The number of hydrogen-bond donors (Lipinski definition) is 1. The Kier molecular flexibility index (Phi) is 6.65. The molecule has 33 heavy (non-hydrogen) atoms. The van der Waals surface area contributed by atoms with Crippen molar-refractivity contribution in [3.05, 3.63) is 65.4 Å².